The Morgan fingerprint density at radius 2 is 1.16 bits per heavy atom. The lowest BCUT2D eigenvalue weighted by Crippen LogP contribution is -2.56. The van der Waals surface area contributed by atoms with E-state index in [1.807, 2.05) is 0 Å². The molecule has 0 amide bonds. The molecule has 0 saturated carbocycles. The molecule has 3 atom stereocenters. The average Bonchev–Trinajstić information content (AvgIpc) is 2.97. The number of phenols is 3. The summed E-state index contributed by atoms with van der Waals surface area (Å²) in [6.07, 6.45) is -4.14. The standard InChI is InChI=1S/C32H26O12/c1-10-5-11-12(6-14(10)33)27(37)21-15(34)8-17(43-3)23(25(21)28(11)38)24-18(44-4)9-16(35)22-26(24)30(40)20-13(29(22)39)7-19(36)32(2,42)31(20)41/h5-6,8-9,19,31,33-36,41-42H,7H2,1-4H3/t19-,31-,32-/m0/s1. The number of fused-ring (bicyclic) bond motifs is 3. The highest BCUT2D eigenvalue weighted by molar-refractivity contribution is 6.34. The number of rotatable bonds is 3. The minimum absolute atomic E-state index is 0.113. The van der Waals surface area contributed by atoms with Crippen LogP contribution in [0, 0.1) is 6.92 Å². The number of aryl methyl sites for hydroxylation is 1. The Morgan fingerprint density at radius 1 is 0.682 bits per heavy atom. The van der Waals surface area contributed by atoms with Crippen LogP contribution in [-0.4, -0.2) is 85.8 Å². The molecule has 0 fully saturated rings. The molecule has 0 unspecified atom stereocenters. The fourth-order valence-corrected chi connectivity index (χ4v) is 6.27. The van der Waals surface area contributed by atoms with Crippen molar-refractivity contribution >= 4 is 23.1 Å². The Kier molecular flexibility index (Phi) is 6.26. The molecule has 0 heterocycles. The number of benzene rings is 3. The van der Waals surface area contributed by atoms with E-state index in [0.29, 0.717) is 0 Å². The number of carbonyl (C=O) groups is 4. The first-order chi connectivity index (χ1) is 20.7. The van der Waals surface area contributed by atoms with Crippen LogP contribution in [0.2, 0.25) is 0 Å². The third-order valence-electron chi connectivity index (χ3n) is 8.71. The van der Waals surface area contributed by atoms with Crippen molar-refractivity contribution in [3.8, 4) is 39.9 Å². The molecule has 3 aliphatic rings. The number of aliphatic hydroxyl groups is 3. The number of phenolic OH excluding ortho intramolecular Hbond substituents is 3. The summed E-state index contributed by atoms with van der Waals surface area (Å²) in [5.41, 5.74) is -5.47. The summed E-state index contributed by atoms with van der Waals surface area (Å²) < 4.78 is 11.0. The minimum Gasteiger partial charge on any atom is -0.508 e. The monoisotopic (exact) mass is 602 g/mol. The average molecular weight is 603 g/mol. The van der Waals surface area contributed by atoms with Crippen LogP contribution in [0.4, 0.5) is 0 Å². The van der Waals surface area contributed by atoms with Gasteiger partial charge in [-0.25, -0.2) is 0 Å². The molecule has 6 rings (SSSR count). The normalized spacial score (nSPS) is 22.3. The van der Waals surface area contributed by atoms with Crippen molar-refractivity contribution < 1.29 is 59.3 Å². The Hall–Kier alpha value is -5.04. The lowest BCUT2D eigenvalue weighted by molar-refractivity contribution is -0.126. The molecule has 0 saturated heterocycles. The molecular formula is C32H26O12. The van der Waals surface area contributed by atoms with E-state index >= 15 is 0 Å². The lowest BCUT2D eigenvalue weighted by atomic mass is 9.68. The maximum absolute atomic E-state index is 14.3. The van der Waals surface area contributed by atoms with Gasteiger partial charge in [-0.2, -0.15) is 0 Å². The van der Waals surface area contributed by atoms with Gasteiger partial charge < -0.3 is 40.1 Å². The summed E-state index contributed by atoms with van der Waals surface area (Å²) >= 11 is 0. The fourth-order valence-electron chi connectivity index (χ4n) is 6.27. The number of Topliss-reactive ketones (excluding diaryl/α,β-unsaturated/α-hetero) is 2. The van der Waals surface area contributed by atoms with Crippen LogP contribution in [0.1, 0.15) is 71.5 Å². The highest BCUT2D eigenvalue weighted by Crippen LogP contribution is 2.53. The van der Waals surface area contributed by atoms with Crippen LogP contribution >= 0.6 is 0 Å². The van der Waals surface area contributed by atoms with Gasteiger partial charge >= 0.3 is 0 Å². The number of carbonyl (C=O) groups excluding carboxylic acids is 4. The predicted molar refractivity (Wildman–Crippen MR) is 151 cm³/mol. The summed E-state index contributed by atoms with van der Waals surface area (Å²) in [5.74, 6) is -5.57. The van der Waals surface area contributed by atoms with Gasteiger partial charge in [-0.3, -0.25) is 19.2 Å². The van der Waals surface area contributed by atoms with E-state index in [1.54, 1.807) is 0 Å². The smallest absolute Gasteiger partial charge is 0.198 e. The quantitative estimate of drug-likeness (QED) is 0.199. The van der Waals surface area contributed by atoms with Gasteiger partial charge in [-0.05, 0) is 31.5 Å². The van der Waals surface area contributed by atoms with Crippen LogP contribution in [0.25, 0.3) is 11.1 Å². The second-order valence-electron chi connectivity index (χ2n) is 11.2. The number of hydrogen-bond acceptors (Lipinski definition) is 12. The van der Waals surface area contributed by atoms with Gasteiger partial charge in [0, 0.05) is 63.1 Å². The number of ketones is 4. The van der Waals surface area contributed by atoms with Crippen molar-refractivity contribution in [1.82, 2.24) is 0 Å². The first-order valence-electron chi connectivity index (χ1n) is 13.4. The van der Waals surface area contributed by atoms with E-state index in [1.165, 1.54) is 27.2 Å². The second kappa shape index (κ2) is 9.48. The first kappa shape index (κ1) is 29.1. The zero-order chi connectivity index (χ0) is 32.2. The summed E-state index contributed by atoms with van der Waals surface area (Å²) in [5, 5.41) is 64.5. The third-order valence-corrected chi connectivity index (χ3v) is 8.71. The van der Waals surface area contributed by atoms with Gasteiger partial charge in [-0.15, -0.1) is 0 Å². The fraction of sp³-hybridized carbons (Fsp3) is 0.250. The summed E-state index contributed by atoms with van der Waals surface area (Å²) in [4.78, 5) is 56.0. The summed E-state index contributed by atoms with van der Waals surface area (Å²) in [6, 6.07) is 4.48. The predicted octanol–water partition coefficient (Wildman–Crippen LogP) is 2.12. The topological polar surface area (TPSA) is 208 Å². The molecule has 0 radical (unpaired) electrons. The van der Waals surface area contributed by atoms with Crippen molar-refractivity contribution in [3.05, 3.63) is 74.4 Å². The van der Waals surface area contributed by atoms with E-state index in [-0.39, 0.29) is 50.6 Å². The van der Waals surface area contributed by atoms with Crippen molar-refractivity contribution in [2.24, 2.45) is 0 Å². The molecule has 0 aromatic heterocycles. The molecule has 3 aromatic rings. The van der Waals surface area contributed by atoms with Crippen molar-refractivity contribution in [2.45, 2.75) is 38.1 Å². The molecular weight excluding hydrogens is 576 g/mol. The molecule has 0 aliphatic heterocycles. The van der Waals surface area contributed by atoms with E-state index in [2.05, 4.69) is 0 Å². The maximum Gasteiger partial charge on any atom is 0.198 e. The number of aromatic hydroxyl groups is 3. The molecule has 44 heavy (non-hydrogen) atoms. The Labute approximate surface area is 249 Å². The van der Waals surface area contributed by atoms with Crippen molar-refractivity contribution in [2.75, 3.05) is 14.2 Å². The van der Waals surface area contributed by atoms with Crippen LogP contribution in [0.3, 0.4) is 0 Å². The molecule has 6 N–H and O–H groups in total. The molecule has 3 aromatic carbocycles. The molecule has 12 nitrogen and oxygen atoms in total. The summed E-state index contributed by atoms with van der Waals surface area (Å²) in [7, 11) is 2.39. The van der Waals surface area contributed by atoms with Crippen LogP contribution < -0.4 is 9.47 Å². The molecule has 12 heteroatoms. The van der Waals surface area contributed by atoms with E-state index < -0.39 is 86.7 Å². The number of aliphatic hydroxyl groups excluding tert-OH is 2. The molecule has 0 spiro atoms. The second-order valence-corrected chi connectivity index (χ2v) is 11.2. The van der Waals surface area contributed by atoms with Gasteiger partial charge in [0.1, 0.15) is 40.5 Å². The largest absolute Gasteiger partial charge is 0.508 e. The zero-order valence-electron chi connectivity index (χ0n) is 23.8. The number of hydrogen-bond donors (Lipinski definition) is 6. The Balaban J connectivity index is 1.74. The van der Waals surface area contributed by atoms with Crippen molar-refractivity contribution in [3.63, 3.8) is 0 Å². The van der Waals surface area contributed by atoms with Crippen LogP contribution in [0.5, 0.6) is 28.7 Å². The highest BCUT2D eigenvalue weighted by Gasteiger charge is 2.52. The van der Waals surface area contributed by atoms with Gasteiger partial charge in [0.05, 0.1) is 31.5 Å². The zero-order valence-corrected chi connectivity index (χ0v) is 23.8. The van der Waals surface area contributed by atoms with Crippen LogP contribution in [0.15, 0.2) is 35.4 Å². The van der Waals surface area contributed by atoms with Crippen LogP contribution in [-0.2, 0) is 0 Å². The van der Waals surface area contributed by atoms with Gasteiger partial charge in [0.15, 0.2) is 23.1 Å². The molecule has 0 bridgehead atoms. The lowest BCUT2D eigenvalue weighted by Gasteiger charge is -2.41. The Bertz CT molecular complexity index is 1930. The number of ether oxygens (including phenoxy) is 2. The highest BCUT2D eigenvalue weighted by atomic mass is 16.5. The van der Waals surface area contributed by atoms with E-state index in [0.717, 1.165) is 25.1 Å². The van der Waals surface area contributed by atoms with Gasteiger partial charge in [-0.1, -0.05) is 0 Å². The number of methoxy groups -OCH3 is 2. The molecule has 3 aliphatic carbocycles. The van der Waals surface area contributed by atoms with E-state index in [9.17, 15) is 49.8 Å². The van der Waals surface area contributed by atoms with Gasteiger partial charge in [0.25, 0.3) is 0 Å². The van der Waals surface area contributed by atoms with E-state index in [4.69, 9.17) is 9.47 Å². The van der Waals surface area contributed by atoms with Gasteiger partial charge in [0.2, 0.25) is 0 Å². The Morgan fingerprint density at radius 3 is 1.70 bits per heavy atom. The SMILES string of the molecule is COc1cc(O)c2c(c1-c1c(OC)cc(O)c3c1C(=O)c1cc(C)c(O)cc1C3=O)C(=O)C1=C(C[C@H](O)[C@](C)(O)[C@H]1O)C2=O. The minimum atomic E-state index is -2.22. The van der Waals surface area contributed by atoms with Crippen molar-refractivity contribution in [1.29, 1.82) is 0 Å². The third kappa shape index (κ3) is 3.62. The first-order valence-corrected chi connectivity index (χ1v) is 13.4. The summed E-state index contributed by atoms with van der Waals surface area (Å²) in [6.45, 7) is 2.62. The molecule has 226 valence electrons. The maximum atomic E-state index is 14.3.